The van der Waals surface area contributed by atoms with Crippen molar-refractivity contribution in [1.29, 1.82) is 0 Å². The highest BCUT2D eigenvalue weighted by molar-refractivity contribution is 5.82. The van der Waals surface area contributed by atoms with Crippen LogP contribution in [0.3, 0.4) is 0 Å². The van der Waals surface area contributed by atoms with Crippen LogP contribution >= 0.6 is 0 Å². The molecule has 1 amide bonds. The van der Waals surface area contributed by atoms with Gasteiger partial charge in [-0.1, -0.05) is 6.07 Å². The molecule has 5 heteroatoms. The van der Waals surface area contributed by atoms with Crippen molar-refractivity contribution in [3.05, 3.63) is 30.1 Å². The van der Waals surface area contributed by atoms with Crippen LogP contribution in [0.5, 0.6) is 0 Å². The van der Waals surface area contributed by atoms with Gasteiger partial charge in [-0.2, -0.15) is 0 Å². The first-order chi connectivity index (χ1) is 9.24. The Labute approximate surface area is 114 Å². The van der Waals surface area contributed by atoms with Gasteiger partial charge in [-0.15, -0.1) is 0 Å². The molecule has 2 rings (SSSR count). The van der Waals surface area contributed by atoms with Crippen LogP contribution in [0.25, 0.3) is 0 Å². The predicted molar refractivity (Wildman–Crippen MR) is 74.7 cm³/mol. The molecule has 19 heavy (non-hydrogen) atoms. The van der Waals surface area contributed by atoms with Gasteiger partial charge in [0.2, 0.25) is 5.91 Å². The van der Waals surface area contributed by atoms with Crippen LogP contribution in [-0.2, 0) is 4.79 Å². The zero-order chi connectivity index (χ0) is 13.7. The van der Waals surface area contributed by atoms with E-state index < -0.39 is 0 Å². The fourth-order valence-corrected chi connectivity index (χ4v) is 2.53. The van der Waals surface area contributed by atoms with E-state index in [1.54, 1.807) is 6.20 Å². The summed E-state index contributed by atoms with van der Waals surface area (Å²) in [6.07, 6.45) is 3.65. The Morgan fingerprint density at radius 1 is 1.68 bits per heavy atom. The van der Waals surface area contributed by atoms with Crippen LogP contribution < -0.4 is 10.6 Å². The molecule has 0 aliphatic carbocycles. The van der Waals surface area contributed by atoms with Crippen LogP contribution in [-0.4, -0.2) is 48.0 Å². The number of pyridine rings is 1. The van der Waals surface area contributed by atoms with Crippen molar-refractivity contribution in [3.63, 3.8) is 0 Å². The molecule has 1 aromatic rings. The van der Waals surface area contributed by atoms with Gasteiger partial charge in [-0.05, 0) is 25.5 Å². The molecule has 2 unspecified atom stereocenters. The lowest BCUT2D eigenvalue weighted by atomic mass is 10.0. The number of piperazine rings is 1. The molecule has 0 bridgehead atoms. The first-order valence-corrected chi connectivity index (χ1v) is 6.88. The van der Waals surface area contributed by atoms with E-state index in [-0.39, 0.29) is 18.0 Å². The maximum Gasteiger partial charge on any atom is 0.238 e. The number of carbonyl (C=O) groups is 1. The van der Waals surface area contributed by atoms with Gasteiger partial charge in [0.1, 0.15) is 6.04 Å². The summed E-state index contributed by atoms with van der Waals surface area (Å²) in [5.74, 6) is 0.102. The number of hydrogen-bond donors (Lipinski definition) is 2. The molecule has 1 saturated heterocycles. The molecular weight excluding hydrogens is 240 g/mol. The Morgan fingerprint density at radius 3 is 3.21 bits per heavy atom. The molecule has 5 nitrogen and oxygen atoms in total. The van der Waals surface area contributed by atoms with Gasteiger partial charge in [-0.25, -0.2) is 0 Å². The number of aromatic nitrogens is 1. The van der Waals surface area contributed by atoms with Gasteiger partial charge in [0.15, 0.2) is 0 Å². The third-order valence-electron chi connectivity index (χ3n) is 3.60. The summed E-state index contributed by atoms with van der Waals surface area (Å²) < 4.78 is 0. The fourth-order valence-electron chi connectivity index (χ4n) is 2.53. The van der Waals surface area contributed by atoms with E-state index in [1.807, 2.05) is 19.2 Å². The smallest absolute Gasteiger partial charge is 0.238 e. The molecular formula is C14H22N4O. The Balaban J connectivity index is 2.13. The number of amides is 1. The monoisotopic (exact) mass is 262 g/mol. The molecule has 0 radical (unpaired) electrons. The Morgan fingerprint density at radius 2 is 2.53 bits per heavy atom. The van der Waals surface area contributed by atoms with Crippen molar-refractivity contribution in [2.45, 2.75) is 25.9 Å². The molecule has 2 atom stereocenters. The molecule has 1 aromatic heterocycles. The van der Waals surface area contributed by atoms with Crippen molar-refractivity contribution in [3.8, 4) is 0 Å². The third-order valence-corrected chi connectivity index (χ3v) is 3.60. The minimum absolute atomic E-state index is 0.102. The first kappa shape index (κ1) is 14.0. The minimum atomic E-state index is -0.107. The SMILES string of the molecule is CCNC(=O)C1CNCCN1C(C)c1cccnc1. The van der Waals surface area contributed by atoms with Gasteiger partial charge in [0.05, 0.1) is 0 Å². The number of nitrogens with zero attached hydrogens (tertiary/aromatic N) is 2. The van der Waals surface area contributed by atoms with Crippen molar-refractivity contribution in [2.75, 3.05) is 26.2 Å². The lowest BCUT2D eigenvalue weighted by molar-refractivity contribution is -0.128. The van der Waals surface area contributed by atoms with Crippen molar-refractivity contribution in [2.24, 2.45) is 0 Å². The van der Waals surface area contributed by atoms with Crippen LogP contribution in [0.2, 0.25) is 0 Å². The van der Waals surface area contributed by atoms with Crippen molar-refractivity contribution in [1.82, 2.24) is 20.5 Å². The fraction of sp³-hybridized carbons (Fsp3) is 0.571. The summed E-state index contributed by atoms with van der Waals surface area (Å²) in [4.78, 5) is 18.5. The van der Waals surface area contributed by atoms with Crippen LogP contribution in [0, 0.1) is 0 Å². The summed E-state index contributed by atoms with van der Waals surface area (Å²) in [5, 5.41) is 6.21. The predicted octanol–water partition coefficient (Wildman–Crippen LogP) is 0.553. The second-order valence-corrected chi connectivity index (χ2v) is 4.81. The second-order valence-electron chi connectivity index (χ2n) is 4.81. The normalized spacial score (nSPS) is 21.9. The number of hydrogen-bond acceptors (Lipinski definition) is 4. The number of likely N-dealkylation sites (N-methyl/N-ethyl adjacent to an activating group) is 1. The largest absolute Gasteiger partial charge is 0.355 e. The molecule has 1 fully saturated rings. The Bertz CT molecular complexity index is 409. The van der Waals surface area contributed by atoms with Crippen LogP contribution in [0.15, 0.2) is 24.5 Å². The van der Waals surface area contributed by atoms with E-state index in [2.05, 4.69) is 33.5 Å². The van der Waals surface area contributed by atoms with Gasteiger partial charge in [-0.3, -0.25) is 14.7 Å². The molecule has 0 saturated carbocycles. The van der Waals surface area contributed by atoms with E-state index in [9.17, 15) is 4.79 Å². The van der Waals surface area contributed by atoms with Crippen LogP contribution in [0.1, 0.15) is 25.5 Å². The highest BCUT2D eigenvalue weighted by Gasteiger charge is 2.31. The van der Waals surface area contributed by atoms with Crippen molar-refractivity contribution >= 4 is 5.91 Å². The quantitative estimate of drug-likeness (QED) is 0.832. The molecule has 1 aliphatic rings. The van der Waals surface area contributed by atoms with E-state index >= 15 is 0 Å². The number of carbonyl (C=O) groups excluding carboxylic acids is 1. The summed E-state index contributed by atoms with van der Waals surface area (Å²) in [7, 11) is 0. The molecule has 2 heterocycles. The summed E-state index contributed by atoms with van der Waals surface area (Å²) in [5.41, 5.74) is 1.15. The first-order valence-electron chi connectivity index (χ1n) is 6.88. The zero-order valence-electron chi connectivity index (χ0n) is 11.6. The standard InChI is InChI=1S/C14H22N4O/c1-3-17-14(19)13-10-16-7-8-18(13)11(2)12-5-4-6-15-9-12/h4-6,9,11,13,16H,3,7-8,10H2,1-2H3,(H,17,19). The highest BCUT2D eigenvalue weighted by atomic mass is 16.2. The van der Waals surface area contributed by atoms with Gasteiger partial charge >= 0.3 is 0 Å². The minimum Gasteiger partial charge on any atom is -0.355 e. The van der Waals surface area contributed by atoms with Gasteiger partial charge in [0.25, 0.3) is 0 Å². The summed E-state index contributed by atoms with van der Waals surface area (Å²) in [6.45, 7) is 7.25. The molecule has 104 valence electrons. The Kier molecular flexibility index (Phi) is 4.87. The number of rotatable bonds is 4. The van der Waals surface area contributed by atoms with E-state index in [0.717, 1.165) is 18.7 Å². The second kappa shape index (κ2) is 6.63. The Hall–Kier alpha value is -1.46. The van der Waals surface area contributed by atoms with Gasteiger partial charge < -0.3 is 10.6 Å². The highest BCUT2D eigenvalue weighted by Crippen LogP contribution is 2.22. The lowest BCUT2D eigenvalue weighted by Crippen LogP contribution is -2.58. The third kappa shape index (κ3) is 3.30. The average molecular weight is 262 g/mol. The average Bonchev–Trinajstić information content (AvgIpc) is 2.47. The maximum atomic E-state index is 12.1. The number of nitrogens with one attached hydrogen (secondary N) is 2. The molecule has 0 spiro atoms. The van der Waals surface area contributed by atoms with Crippen molar-refractivity contribution < 1.29 is 4.79 Å². The molecule has 0 aromatic carbocycles. The van der Waals surface area contributed by atoms with E-state index in [4.69, 9.17) is 0 Å². The lowest BCUT2D eigenvalue weighted by Gasteiger charge is -2.39. The maximum absolute atomic E-state index is 12.1. The zero-order valence-corrected chi connectivity index (χ0v) is 11.6. The molecule has 2 N–H and O–H groups in total. The molecule has 1 aliphatic heterocycles. The van der Waals surface area contributed by atoms with Crippen LogP contribution in [0.4, 0.5) is 0 Å². The van der Waals surface area contributed by atoms with E-state index in [1.165, 1.54) is 0 Å². The van der Waals surface area contributed by atoms with Gasteiger partial charge in [0, 0.05) is 44.6 Å². The summed E-state index contributed by atoms with van der Waals surface area (Å²) >= 11 is 0. The topological polar surface area (TPSA) is 57.3 Å². The van der Waals surface area contributed by atoms with E-state index in [0.29, 0.717) is 13.1 Å². The summed E-state index contributed by atoms with van der Waals surface area (Å²) in [6, 6.07) is 4.09.